The number of fused-ring (bicyclic) bond motifs is 1. The number of halogens is 3. The quantitative estimate of drug-likeness (QED) is 0.335. The van der Waals surface area contributed by atoms with Gasteiger partial charge in [0, 0.05) is 62.9 Å². The molecule has 0 saturated carbocycles. The van der Waals surface area contributed by atoms with Gasteiger partial charge in [-0.2, -0.15) is 0 Å². The Kier molecular flexibility index (Phi) is 7.90. The molecule has 5 rings (SSSR count). The summed E-state index contributed by atoms with van der Waals surface area (Å²) in [5.74, 6) is -1.08. The van der Waals surface area contributed by atoms with Crippen LogP contribution >= 0.6 is 23.2 Å². The summed E-state index contributed by atoms with van der Waals surface area (Å²) in [6.07, 6.45) is 4.80. The number of hydrogen-bond donors (Lipinski definition) is 2. The molecule has 12 heteroatoms. The molecule has 39 heavy (non-hydrogen) atoms. The molecule has 204 valence electrons. The number of phenols is 1. The highest BCUT2D eigenvalue weighted by molar-refractivity contribution is 6.34. The highest BCUT2D eigenvalue weighted by atomic mass is 35.5. The lowest BCUT2D eigenvalue weighted by molar-refractivity contribution is 0.0630. The first-order valence-electron chi connectivity index (χ1n) is 12.4. The van der Waals surface area contributed by atoms with Crippen LogP contribution < -0.4 is 5.32 Å². The second-order valence-corrected chi connectivity index (χ2v) is 10.4. The number of amides is 1. The fourth-order valence-corrected chi connectivity index (χ4v) is 5.05. The molecule has 2 aromatic carbocycles. The van der Waals surface area contributed by atoms with Crippen molar-refractivity contribution in [2.75, 3.05) is 58.7 Å². The van der Waals surface area contributed by atoms with Gasteiger partial charge in [0.15, 0.2) is 23.0 Å². The van der Waals surface area contributed by atoms with Crippen molar-refractivity contribution in [3.63, 3.8) is 0 Å². The van der Waals surface area contributed by atoms with Gasteiger partial charge in [-0.25, -0.2) is 14.4 Å². The zero-order chi connectivity index (χ0) is 27.7. The monoisotopic (exact) mass is 571 g/mol. The number of carbonyl (C=O) groups is 1. The highest BCUT2D eigenvalue weighted by Gasteiger charge is 2.24. The summed E-state index contributed by atoms with van der Waals surface area (Å²) >= 11 is 12.7. The summed E-state index contributed by atoms with van der Waals surface area (Å²) < 4.78 is 15.9. The van der Waals surface area contributed by atoms with Crippen LogP contribution in [0.15, 0.2) is 48.9 Å². The van der Waals surface area contributed by atoms with Crippen molar-refractivity contribution in [1.82, 2.24) is 29.1 Å². The zero-order valence-electron chi connectivity index (χ0n) is 21.5. The molecule has 1 aliphatic heterocycles. The lowest BCUT2D eigenvalue weighted by Crippen LogP contribution is -2.50. The molecule has 3 heterocycles. The Labute approximate surface area is 235 Å². The van der Waals surface area contributed by atoms with Gasteiger partial charge < -0.3 is 20.2 Å². The Morgan fingerprint density at radius 3 is 2.62 bits per heavy atom. The number of nitrogens with zero attached hydrogens (tertiary/aromatic N) is 6. The Hall–Kier alpha value is -3.44. The van der Waals surface area contributed by atoms with Gasteiger partial charge >= 0.3 is 0 Å². The van der Waals surface area contributed by atoms with Gasteiger partial charge in [-0.15, -0.1) is 0 Å². The van der Waals surface area contributed by atoms with Gasteiger partial charge in [0.05, 0.1) is 27.5 Å². The molecular formula is C27H28Cl2FN7O2. The van der Waals surface area contributed by atoms with Crippen LogP contribution in [0, 0.1) is 5.82 Å². The first kappa shape index (κ1) is 27.1. The average molecular weight is 572 g/mol. The predicted octanol–water partition coefficient (Wildman–Crippen LogP) is 4.61. The maximum atomic E-state index is 14.2. The summed E-state index contributed by atoms with van der Waals surface area (Å²) in [6, 6.07) is 7.93. The van der Waals surface area contributed by atoms with E-state index in [1.807, 2.05) is 4.90 Å². The van der Waals surface area contributed by atoms with Crippen LogP contribution in [0.4, 0.5) is 15.9 Å². The summed E-state index contributed by atoms with van der Waals surface area (Å²) in [6.45, 7) is 4.95. The van der Waals surface area contributed by atoms with Crippen molar-refractivity contribution < 1.29 is 14.3 Å². The molecule has 0 spiro atoms. The van der Waals surface area contributed by atoms with E-state index in [4.69, 9.17) is 23.2 Å². The van der Waals surface area contributed by atoms with Gasteiger partial charge in [-0.05, 0) is 44.4 Å². The molecule has 0 unspecified atom stereocenters. The summed E-state index contributed by atoms with van der Waals surface area (Å²) in [5.41, 5.74) is 2.45. The minimum Gasteiger partial charge on any atom is -0.505 e. The van der Waals surface area contributed by atoms with Crippen LogP contribution in [-0.4, -0.2) is 93.4 Å². The largest absolute Gasteiger partial charge is 0.505 e. The summed E-state index contributed by atoms with van der Waals surface area (Å²) in [5, 5.41) is 12.9. The maximum absolute atomic E-state index is 14.2. The smallest absolute Gasteiger partial charge is 0.255 e. The first-order valence-corrected chi connectivity index (χ1v) is 13.2. The second kappa shape index (κ2) is 11.4. The van der Waals surface area contributed by atoms with Gasteiger partial charge in [-0.1, -0.05) is 23.2 Å². The van der Waals surface area contributed by atoms with Crippen molar-refractivity contribution in [3.05, 3.63) is 70.3 Å². The van der Waals surface area contributed by atoms with Crippen molar-refractivity contribution >= 4 is 46.3 Å². The minimum absolute atomic E-state index is 0.0880. The number of phenolic OH excluding ortho intramolecular Hbond substituents is 1. The molecule has 0 atom stereocenters. The zero-order valence-corrected chi connectivity index (χ0v) is 23.0. The maximum Gasteiger partial charge on any atom is 0.255 e. The van der Waals surface area contributed by atoms with E-state index < -0.39 is 11.6 Å². The standard InChI is InChI=1S/C27H28Cl2FN7O2/c1-34(2)9-10-35-11-13-36(14-12-35)27(39)18-4-3-17(15-20(18)28)33-25-26-32-16-21(37(26)8-7-31-25)19-5-6-22(38)24(30)23(19)29/h3-8,15-16,38H,9-14H2,1-2H3,(H,31,33). The average Bonchev–Trinajstić information content (AvgIpc) is 3.36. The third-order valence-corrected chi connectivity index (χ3v) is 7.43. The number of hydrogen-bond acceptors (Lipinski definition) is 7. The van der Waals surface area contributed by atoms with E-state index in [-0.39, 0.29) is 10.9 Å². The molecule has 4 aromatic rings. The van der Waals surface area contributed by atoms with Crippen LogP contribution in [0.2, 0.25) is 10.0 Å². The number of carbonyl (C=O) groups excluding carboxylic acids is 1. The van der Waals surface area contributed by atoms with Gasteiger partial charge in [0.2, 0.25) is 0 Å². The molecule has 0 radical (unpaired) electrons. The number of benzene rings is 2. The molecule has 2 aromatic heterocycles. The number of anilines is 2. The molecule has 1 amide bonds. The Morgan fingerprint density at radius 1 is 1.13 bits per heavy atom. The number of likely N-dealkylation sites (N-methyl/N-ethyl adjacent to an activating group) is 1. The minimum atomic E-state index is -0.896. The van der Waals surface area contributed by atoms with Crippen molar-refractivity contribution in [1.29, 1.82) is 0 Å². The van der Waals surface area contributed by atoms with Crippen LogP contribution in [0.5, 0.6) is 5.75 Å². The SMILES string of the molecule is CN(C)CCN1CCN(C(=O)c2ccc(Nc3nccn4c(-c5ccc(O)c(F)c5Cl)cnc34)cc2Cl)CC1. The van der Waals surface area contributed by atoms with E-state index >= 15 is 0 Å². The van der Waals surface area contributed by atoms with Crippen molar-refractivity contribution in [2.24, 2.45) is 0 Å². The molecule has 9 nitrogen and oxygen atoms in total. The number of rotatable bonds is 7. The van der Waals surface area contributed by atoms with Gasteiger partial charge in [0.25, 0.3) is 5.91 Å². The molecule has 1 aliphatic rings. The normalized spacial score (nSPS) is 14.4. The molecule has 0 aliphatic carbocycles. The first-order chi connectivity index (χ1) is 18.7. The van der Waals surface area contributed by atoms with E-state index in [9.17, 15) is 14.3 Å². The Balaban J connectivity index is 1.32. The third kappa shape index (κ3) is 5.65. The Bertz CT molecular complexity index is 1520. The Morgan fingerprint density at radius 2 is 1.90 bits per heavy atom. The van der Waals surface area contributed by atoms with E-state index in [0.717, 1.165) is 26.2 Å². The molecule has 1 fully saturated rings. The van der Waals surface area contributed by atoms with Crippen LogP contribution in [0.25, 0.3) is 16.9 Å². The fourth-order valence-electron chi connectivity index (χ4n) is 4.53. The van der Waals surface area contributed by atoms with E-state index in [1.165, 1.54) is 12.1 Å². The number of piperazine rings is 1. The number of aromatic hydroxyl groups is 1. The van der Waals surface area contributed by atoms with E-state index in [0.29, 0.717) is 52.1 Å². The van der Waals surface area contributed by atoms with Crippen molar-refractivity contribution in [2.45, 2.75) is 0 Å². The van der Waals surface area contributed by atoms with E-state index in [1.54, 1.807) is 41.2 Å². The summed E-state index contributed by atoms with van der Waals surface area (Å²) in [7, 11) is 4.11. The lowest BCUT2D eigenvalue weighted by atomic mass is 10.1. The second-order valence-electron chi connectivity index (χ2n) is 9.63. The van der Waals surface area contributed by atoms with Crippen LogP contribution in [0.1, 0.15) is 10.4 Å². The topological polar surface area (TPSA) is 89.2 Å². The summed E-state index contributed by atoms with van der Waals surface area (Å²) in [4.78, 5) is 28.3. The van der Waals surface area contributed by atoms with Crippen LogP contribution in [0.3, 0.4) is 0 Å². The van der Waals surface area contributed by atoms with Gasteiger partial charge in [-0.3, -0.25) is 14.1 Å². The number of nitrogens with one attached hydrogen (secondary N) is 1. The van der Waals surface area contributed by atoms with Crippen molar-refractivity contribution in [3.8, 4) is 17.0 Å². The molecular weight excluding hydrogens is 544 g/mol. The highest BCUT2D eigenvalue weighted by Crippen LogP contribution is 2.35. The fraction of sp³-hybridized carbons (Fsp3) is 0.296. The number of aromatic nitrogens is 3. The molecule has 2 N–H and O–H groups in total. The number of imidazole rings is 1. The predicted molar refractivity (Wildman–Crippen MR) is 151 cm³/mol. The third-order valence-electron chi connectivity index (χ3n) is 6.75. The molecule has 0 bridgehead atoms. The van der Waals surface area contributed by atoms with Gasteiger partial charge in [0.1, 0.15) is 0 Å². The lowest BCUT2D eigenvalue weighted by Gasteiger charge is -2.35. The molecule has 1 saturated heterocycles. The van der Waals surface area contributed by atoms with Crippen LogP contribution in [-0.2, 0) is 0 Å². The van der Waals surface area contributed by atoms with E-state index in [2.05, 4.69) is 39.2 Å².